The third-order valence-corrected chi connectivity index (χ3v) is 9.37. The van der Waals surface area contributed by atoms with Crippen molar-refractivity contribution in [3.8, 4) is 28.4 Å². The van der Waals surface area contributed by atoms with Crippen LogP contribution in [0.1, 0.15) is 55.1 Å². The maximum Gasteiger partial charge on any atom is 0.573 e. The van der Waals surface area contributed by atoms with Gasteiger partial charge >= 0.3 is 37.0 Å². The second-order valence-electron chi connectivity index (χ2n) is 15.1. The van der Waals surface area contributed by atoms with Crippen LogP contribution in [-0.4, -0.2) is 56.0 Å². The molecule has 0 saturated heterocycles. The maximum absolute atomic E-state index is 14.2. The van der Waals surface area contributed by atoms with Crippen molar-refractivity contribution in [1.82, 2.24) is 19.7 Å². The molecule has 0 aliphatic carbocycles. The first-order valence-corrected chi connectivity index (χ1v) is 21.0. The zero-order valence-electron chi connectivity index (χ0n) is 38.0. The van der Waals surface area contributed by atoms with Crippen molar-refractivity contribution in [2.75, 3.05) is 0 Å². The first-order chi connectivity index (χ1) is 35.6. The number of rotatable bonds is 14. The molecule has 0 amide bonds. The van der Waals surface area contributed by atoms with Crippen molar-refractivity contribution in [2.24, 2.45) is 5.73 Å². The summed E-state index contributed by atoms with van der Waals surface area (Å²) in [6.07, 6.45) is -16.7. The molecular formula is C49H33F14N5O8. The molecule has 3 heterocycles. The molecule has 3 aromatic heterocycles. The Bertz CT molecular complexity index is 3130. The fourth-order valence-corrected chi connectivity index (χ4v) is 6.08. The number of pyridine rings is 2. The Kier molecular flexibility index (Phi) is 19.1. The Balaban J connectivity index is 0.000000238. The molecule has 76 heavy (non-hydrogen) atoms. The highest BCUT2D eigenvalue weighted by Gasteiger charge is 2.35. The topological polar surface area (TPSA) is 175 Å². The lowest BCUT2D eigenvalue weighted by Gasteiger charge is -2.13. The highest BCUT2D eigenvalue weighted by Crippen LogP contribution is 2.34. The zero-order valence-corrected chi connectivity index (χ0v) is 38.0. The number of esters is 2. The highest BCUT2D eigenvalue weighted by atomic mass is 19.4. The lowest BCUT2D eigenvalue weighted by atomic mass is 10.1. The number of benzene rings is 4. The molecule has 13 nitrogen and oxygen atoms in total. The van der Waals surface area contributed by atoms with Gasteiger partial charge in [-0.25, -0.2) is 23.1 Å². The molecule has 2 N–H and O–H groups in total. The van der Waals surface area contributed by atoms with Crippen LogP contribution in [0, 0.1) is 11.6 Å². The molecule has 7 aromatic rings. The second-order valence-corrected chi connectivity index (χ2v) is 15.1. The number of hydrogen-bond donors (Lipinski definition) is 1. The molecule has 400 valence electrons. The van der Waals surface area contributed by atoms with Gasteiger partial charge in [0.1, 0.15) is 36.3 Å². The van der Waals surface area contributed by atoms with E-state index in [1.54, 1.807) is 60.7 Å². The number of aromatic nitrogens is 4. The van der Waals surface area contributed by atoms with Gasteiger partial charge in [0, 0.05) is 48.4 Å². The Morgan fingerprint density at radius 2 is 1.07 bits per heavy atom. The van der Waals surface area contributed by atoms with Crippen LogP contribution in [0.3, 0.4) is 0 Å². The minimum Gasteiger partial charge on any atom is -0.456 e. The third kappa shape index (κ3) is 18.3. The number of nitrogens with two attached hydrogens (primary N) is 1. The van der Waals surface area contributed by atoms with E-state index in [0.29, 0.717) is 53.2 Å². The predicted molar refractivity (Wildman–Crippen MR) is 234 cm³/mol. The van der Waals surface area contributed by atoms with Crippen LogP contribution in [0.15, 0.2) is 140 Å². The number of carbonyl (C=O) groups is 4. The van der Waals surface area contributed by atoms with Crippen molar-refractivity contribution in [3.63, 3.8) is 0 Å². The zero-order chi connectivity index (χ0) is 56.0. The Hall–Kier alpha value is -8.75. The van der Waals surface area contributed by atoms with Gasteiger partial charge in [-0.15, -0.1) is 26.3 Å². The number of halogens is 14. The van der Waals surface area contributed by atoms with Crippen LogP contribution < -0.4 is 15.2 Å². The smallest absolute Gasteiger partial charge is 0.456 e. The Labute approximate surface area is 418 Å². The summed E-state index contributed by atoms with van der Waals surface area (Å²) in [5, 5.41) is 3.98. The largest absolute Gasteiger partial charge is 0.573 e. The SMILES string of the molecule is NCc1cncc(C(F)(F)F)c1.O=C(CC(=O)c1cc(F)cc(OC(F)(F)F)c1)C(=O)OCc1ccccc1.O=C(OCc1ccccc1)c1cc(-c2cc(F)cc(OC(F)(F)F)c2)n(-c2cncc(C(F)(F)F)c2)n1. The minimum absolute atomic E-state index is 0.0664. The molecule has 27 heteroatoms. The van der Waals surface area contributed by atoms with E-state index < -0.39 is 101 Å². The third-order valence-electron chi connectivity index (χ3n) is 9.37. The van der Waals surface area contributed by atoms with Crippen LogP contribution in [0.4, 0.5) is 61.5 Å². The predicted octanol–water partition coefficient (Wildman–Crippen LogP) is 11.5. The average molecular weight is 1090 g/mol. The molecule has 0 unspecified atom stereocenters. The van der Waals surface area contributed by atoms with E-state index in [1.165, 1.54) is 6.20 Å². The molecule has 4 aromatic carbocycles. The van der Waals surface area contributed by atoms with Crippen molar-refractivity contribution in [1.29, 1.82) is 0 Å². The van der Waals surface area contributed by atoms with E-state index in [9.17, 15) is 80.6 Å². The van der Waals surface area contributed by atoms with Gasteiger partial charge in [-0.05, 0) is 59.2 Å². The monoisotopic (exact) mass is 1090 g/mol. The fourth-order valence-electron chi connectivity index (χ4n) is 6.08. The molecule has 0 radical (unpaired) electrons. The molecule has 7 rings (SSSR count). The van der Waals surface area contributed by atoms with Crippen molar-refractivity contribution < 1.29 is 99.6 Å². The summed E-state index contributed by atoms with van der Waals surface area (Å²) in [5.74, 6) is -8.71. The number of alkyl halides is 12. The quantitative estimate of drug-likeness (QED) is 0.0359. The van der Waals surface area contributed by atoms with E-state index in [2.05, 4.69) is 24.5 Å². The number of hydrogen-bond acceptors (Lipinski definition) is 12. The molecule has 0 spiro atoms. The molecule has 0 fully saturated rings. The summed E-state index contributed by atoms with van der Waals surface area (Å²) in [4.78, 5) is 55.0. The Morgan fingerprint density at radius 1 is 0.553 bits per heavy atom. The number of Topliss-reactive ketones (excluding diaryl/α,β-unsaturated/α-hetero) is 2. The molecule has 0 atom stereocenters. The van der Waals surface area contributed by atoms with Gasteiger partial charge in [-0.1, -0.05) is 60.7 Å². The van der Waals surface area contributed by atoms with Crippen LogP contribution >= 0.6 is 0 Å². The summed E-state index contributed by atoms with van der Waals surface area (Å²) in [6, 6.07) is 23.4. The summed E-state index contributed by atoms with van der Waals surface area (Å²) < 4.78 is 196. The van der Waals surface area contributed by atoms with Crippen LogP contribution in [0.5, 0.6) is 11.5 Å². The first-order valence-electron chi connectivity index (χ1n) is 21.0. The van der Waals surface area contributed by atoms with Crippen molar-refractivity contribution in [3.05, 3.63) is 191 Å². The van der Waals surface area contributed by atoms with Gasteiger partial charge in [-0.2, -0.15) is 31.4 Å². The molecule has 0 aliphatic heterocycles. The normalized spacial score (nSPS) is 11.5. The highest BCUT2D eigenvalue weighted by molar-refractivity contribution is 6.38. The molecule has 0 bridgehead atoms. The standard InChI is InChI=1S/C24H14F7N3O3.C18H12F4O5.C7H7F3N2/c25-17-6-15(7-19(9-17)37-24(29,30)31)21-10-20(22(35)36-13-14-4-2-1-3-5-14)33-34(21)18-8-16(11-32-12-18)23(26,27)28;19-13-6-12(7-14(8-13)27-18(20,21)22)15(23)9-16(24)17(25)26-10-11-4-2-1-3-5-11;8-7(9,10)6-1-5(2-11)3-12-4-6/h1-12H,13H2;1-8H,9-10H2;1,3-4H,2,11H2. The van der Waals surface area contributed by atoms with Gasteiger partial charge in [-0.3, -0.25) is 19.6 Å². The fraction of sp³-hybridized carbons (Fsp3) is 0.163. The van der Waals surface area contributed by atoms with Gasteiger partial charge in [0.15, 0.2) is 11.5 Å². The van der Waals surface area contributed by atoms with Gasteiger partial charge in [0.2, 0.25) is 5.78 Å². The number of carbonyl (C=O) groups excluding carboxylic acids is 4. The summed E-state index contributed by atoms with van der Waals surface area (Å²) in [6.45, 7) is -0.281. The van der Waals surface area contributed by atoms with E-state index in [0.717, 1.165) is 41.3 Å². The molecule has 0 aliphatic rings. The van der Waals surface area contributed by atoms with E-state index in [1.807, 2.05) is 0 Å². The van der Waals surface area contributed by atoms with Gasteiger partial charge in [0.25, 0.3) is 0 Å². The summed E-state index contributed by atoms with van der Waals surface area (Å²) in [7, 11) is 0. The summed E-state index contributed by atoms with van der Waals surface area (Å²) in [5.41, 5.74) is 3.14. The van der Waals surface area contributed by atoms with Crippen molar-refractivity contribution in [2.45, 2.75) is 51.3 Å². The summed E-state index contributed by atoms with van der Waals surface area (Å²) >= 11 is 0. The van der Waals surface area contributed by atoms with E-state index in [4.69, 9.17) is 15.2 Å². The number of nitrogens with zero attached hydrogens (tertiary/aromatic N) is 4. The number of ketones is 2. The van der Waals surface area contributed by atoms with E-state index in [-0.39, 0.29) is 36.7 Å². The lowest BCUT2D eigenvalue weighted by Crippen LogP contribution is -2.21. The van der Waals surface area contributed by atoms with Crippen molar-refractivity contribution >= 4 is 23.5 Å². The molecular weight excluding hydrogens is 1050 g/mol. The number of ether oxygens (including phenoxy) is 4. The van der Waals surface area contributed by atoms with Crippen LogP contribution in [0.25, 0.3) is 16.9 Å². The molecule has 0 saturated carbocycles. The van der Waals surface area contributed by atoms with Gasteiger partial charge < -0.3 is 24.7 Å². The minimum atomic E-state index is -5.14. The average Bonchev–Trinajstić information content (AvgIpc) is 3.80. The maximum atomic E-state index is 14.2. The first kappa shape index (κ1) is 58.1. The van der Waals surface area contributed by atoms with Crippen LogP contribution in [0.2, 0.25) is 0 Å². The van der Waals surface area contributed by atoms with Gasteiger partial charge in [0.05, 0.1) is 35.1 Å². The Morgan fingerprint density at radius 3 is 1.61 bits per heavy atom. The lowest BCUT2D eigenvalue weighted by molar-refractivity contribution is -0.275. The van der Waals surface area contributed by atoms with E-state index >= 15 is 0 Å². The second kappa shape index (κ2) is 25.0. The van der Waals surface area contributed by atoms with Crippen LogP contribution in [-0.2, 0) is 51.2 Å².